The Kier molecular flexibility index (Phi) is 7.22. The molecule has 1 fully saturated rings. The molecule has 1 aromatic carbocycles. The summed E-state index contributed by atoms with van der Waals surface area (Å²) in [5.74, 6) is 0.438. The van der Waals surface area contributed by atoms with Crippen LogP contribution in [0.15, 0.2) is 24.3 Å². The van der Waals surface area contributed by atoms with Gasteiger partial charge in [-0.15, -0.1) is 11.8 Å². The van der Waals surface area contributed by atoms with E-state index in [4.69, 9.17) is 11.6 Å². The molecule has 1 unspecified atom stereocenters. The maximum absolute atomic E-state index is 12.8. The quantitative estimate of drug-likeness (QED) is 0.731. The number of carbonyl (C=O) groups is 2. The molecular weight excluding hydrogens is 401 g/mol. The lowest BCUT2D eigenvalue weighted by Crippen LogP contribution is -2.47. The van der Waals surface area contributed by atoms with E-state index in [0.717, 1.165) is 24.3 Å². The van der Waals surface area contributed by atoms with Gasteiger partial charge in [0, 0.05) is 23.4 Å². The first-order valence-electron chi connectivity index (χ1n) is 8.30. The van der Waals surface area contributed by atoms with Gasteiger partial charge in [0.15, 0.2) is 0 Å². The first-order chi connectivity index (χ1) is 12.6. The van der Waals surface area contributed by atoms with Gasteiger partial charge in [0.05, 0.1) is 11.4 Å². The fraction of sp³-hybridized carbons (Fsp3) is 0.444. The van der Waals surface area contributed by atoms with E-state index >= 15 is 0 Å². The van der Waals surface area contributed by atoms with Crippen molar-refractivity contribution in [2.45, 2.75) is 26.1 Å². The lowest BCUT2D eigenvalue weighted by molar-refractivity contribution is -0.137. The van der Waals surface area contributed by atoms with Crippen LogP contribution in [0.25, 0.3) is 6.08 Å². The Morgan fingerprint density at radius 2 is 2.11 bits per heavy atom. The summed E-state index contributed by atoms with van der Waals surface area (Å²) >= 11 is 7.38. The number of benzene rings is 1. The zero-order valence-electron chi connectivity index (χ0n) is 14.8. The number of hydrogen-bond donors (Lipinski definition) is 1. The summed E-state index contributed by atoms with van der Waals surface area (Å²) < 4.78 is 38.5. The van der Waals surface area contributed by atoms with Crippen molar-refractivity contribution < 1.29 is 22.8 Å². The van der Waals surface area contributed by atoms with Gasteiger partial charge in [0.2, 0.25) is 11.8 Å². The zero-order chi connectivity index (χ0) is 20.2. The van der Waals surface area contributed by atoms with Crippen LogP contribution in [0.4, 0.5) is 13.2 Å². The summed E-state index contributed by atoms with van der Waals surface area (Å²) in [5.41, 5.74) is -0.755. The number of hydrogen-bond acceptors (Lipinski definition) is 3. The van der Waals surface area contributed by atoms with Gasteiger partial charge in [0.1, 0.15) is 6.04 Å². The highest BCUT2D eigenvalue weighted by molar-refractivity contribution is 7.99. The molecule has 27 heavy (non-hydrogen) atoms. The number of amides is 2. The van der Waals surface area contributed by atoms with Crippen LogP contribution in [0.1, 0.15) is 25.0 Å². The Labute approximate surface area is 165 Å². The Hall–Kier alpha value is -1.67. The van der Waals surface area contributed by atoms with Crippen LogP contribution < -0.4 is 5.32 Å². The van der Waals surface area contributed by atoms with Crippen molar-refractivity contribution in [1.82, 2.24) is 10.2 Å². The second kappa shape index (κ2) is 9.01. The van der Waals surface area contributed by atoms with Crippen LogP contribution in [0.5, 0.6) is 0 Å². The molecule has 0 bridgehead atoms. The van der Waals surface area contributed by atoms with Crippen LogP contribution in [0.2, 0.25) is 5.02 Å². The molecule has 0 aromatic heterocycles. The molecule has 148 valence electrons. The Bertz CT molecular complexity index is 738. The number of halogens is 4. The largest absolute Gasteiger partial charge is 0.416 e. The molecule has 2 rings (SSSR count). The molecule has 2 amide bonds. The first kappa shape index (κ1) is 21.6. The maximum atomic E-state index is 12.8. The molecule has 1 aliphatic heterocycles. The number of nitrogens with one attached hydrogen (secondary N) is 1. The van der Waals surface area contributed by atoms with Gasteiger partial charge in [-0.2, -0.15) is 13.2 Å². The highest BCUT2D eigenvalue weighted by atomic mass is 35.5. The minimum atomic E-state index is -4.50. The fourth-order valence-corrected chi connectivity index (χ4v) is 3.75. The predicted octanol–water partition coefficient (Wildman–Crippen LogP) is 4.05. The van der Waals surface area contributed by atoms with E-state index in [0.29, 0.717) is 18.2 Å². The van der Waals surface area contributed by atoms with E-state index in [1.54, 1.807) is 0 Å². The molecule has 0 saturated carbocycles. The third-order valence-electron chi connectivity index (χ3n) is 3.88. The summed E-state index contributed by atoms with van der Waals surface area (Å²) in [6, 6.07) is 2.32. The van der Waals surface area contributed by atoms with E-state index in [2.05, 4.69) is 5.32 Å². The topological polar surface area (TPSA) is 49.4 Å². The number of alkyl halides is 3. The van der Waals surface area contributed by atoms with E-state index in [-0.39, 0.29) is 22.4 Å². The van der Waals surface area contributed by atoms with E-state index < -0.39 is 23.7 Å². The average Bonchev–Trinajstić information content (AvgIpc) is 3.07. The van der Waals surface area contributed by atoms with E-state index in [9.17, 15) is 22.8 Å². The van der Waals surface area contributed by atoms with Gasteiger partial charge in [-0.25, -0.2) is 0 Å². The number of rotatable bonds is 5. The van der Waals surface area contributed by atoms with Crippen molar-refractivity contribution in [1.29, 1.82) is 0 Å². The van der Waals surface area contributed by atoms with Gasteiger partial charge in [-0.3, -0.25) is 9.59 Å². The second-order valence-corrected chi connectivity index (χ2v) is 7.94. The molecule has 1 heterocycles. The van der Waals surface area contributed by atoms with Crippen molar-refractivity contribution in [2.24, 2.45) is 5.92 Å². The van der Waals surface area contributed by atoms with Crippen LogP contribution in [-0.4, -0.2) is 40.9 Å². The van der Waals surface area contributed by atoms with Gasteiger partial charge in [0.25, 0.3) is 0 Å². The first-order valence-corrected chi connectivity index (χ1v) is 9.83. The van der Waals surface area contributed by atoms with Crippen LogP contribution in [0, 0.1) is 5.92 Å². The molecule has 1 saturated heterocycles. The highest BCUT2D eigenvalue weighted by Gasteiger charge is 2.34. The molecule has 0 spiro atoms. The lowest BCUT2D eigenvalue weighted by Gasteiger charge is -2.22. The number of thioether (sulfide) groups is 1. The number of carbonyl (C=O) groups excluding carboxylic acids is 2. The molecule has 0 radical (unpaired) electrons. The average molecular weight is 421 g/mol. The summed E-state index contributed by atoms with van der Waals surface area (Å²) in [5, 5.41) is 2.91. The van der Waals surface area contributed by atoms with Crippen molar-refractivity contribution in [3.8, 4) is 0 Å². The van der Waals surface area contributed by atoms with Gasteiger partial charge in [-0.05, 0) is 35.8 Å². The van der Waals surface area contributed by atoms with Crippen molar-refractivity contribution in [3.63, 3.8) is 0 Å². The Morgan fingerprint density at radius 1 is 1.41 bits per heavy atom. The molecule has 4 nitrogen and oxygen atoms in total. The molecule has 1 N–H and O–H groups in total. The molecule has 0 aliphatic carbocycles. The Morgan fingerprint density at radius 3 is 2.74 bits per heavy atom. The maximum Gasteiger partial charge on any atom is 0.416 e. The molecule has 9 heteroatoms. The standard InChI is InChI=1S/C18H20ClF3N2O2S/c1-11(2)8-23-17(26)15-9-27-10-24(15)16(25)6-3-12-7-13(18(20,21)22)4-5-14(12)19/h3-7,11,15H,8-10H2,1-2H3,(H,23,26)/b6-3+. The smallest absolute Gasteiger partial charge is 0.354 e. The molecule has 1 atom stereocenters. The lowest BCUT2D eigenvalue weighted by atomic mass is 10.1. The zero-order valence-corrected chi connectivity index (χ0v) is 16.4. The number of nitrogens with zero attached hydrogens (tertiary/aromatic N) is 1. The predicted molar refractivity (Wildman–Crippen MR) is 101 cm³/mol. The minimum absolute atomic E-state index is 0.0903. The minimum Gasteiger partial charge on any atom is -0.354 e. The third-order valence-corrected chi connectivity index (χ3v) is 5.24. The van der Waals surface area contributed by atoms with Crippen molar-refractivity contribution in [3.05, 3.63) is 40.4 Å². The van der Waals surface area contributed by atoms with E-state index in [1.807, 2.05) is 13.8 Å². The monoisotopic (exact) mass is 420 g/mol. The van der Waals surface area contributed by atoms with Gasteiger partial charge < -0.3 is 10.2 Å². The van der Waals surface area contributed by atoms with Crippen LogP contribution >= 0.6 is 23.4 Å². The summed E-state index contributed by atoms with van der Waals surface area (Å²) in [7, 11) is 0. The highest BCUT2D eigenvalue weighted by Crippen LogP contribution is 2.32. The Balaban J connectivity index is 2.11. The molecule has 1 aromatic rings. The third kappa shape index (κ3) is 5.90. The SMILES string of the molecule is CC(C)CNC(=O)C1CSCN1C(=O)/C=C/c1cc(C(F)(F)F)ccc1Cl. The summed E-state index contributed by atoms with van der Waals surface area (Å²) in [4.78, 5) is 26.1. The summed E-state index contributed by atoms with van der Waals surface area (Å²) in [6.07, 6.45) is -2.11. The normalized spacial score (nSPS) is 17.7. The fourth-order valence-electron chi connectivity index (χ4n) is 2.40. The van der Waals surface area contributed by atoms with Gasteiger partial charge in [-0.1, -0.05) is 25.4 Å². The van der Waals surface area contributed by atoms with Gasteiger partial charge >= 0.3 is 6.18 Å². The van der Waals surface area contributed by atoms with Crippen molar-refractivity contribution in [2.75, 3.05) is 18.2 Å². The van der Waals surface area contributed by atoms with Crippen LogP contribution in [-0.2, 0) is 15.8 Å². The van der Waals surface area contributed by atoms with Crippen LogP contribution in [0.3, 0.4) is 0 Å². The summed E-state index contributed by atoms with van der Waals surface area (Å²) in [6.45, 7) is 4.44. The second-order valence-electron chi connectivity index (χ2n) is 6.53. The van der Waals surface area contributed by atoms with Crippen molar-refractivity contribution >= 4 is 41.3 Å². The molecular formula is C18H20ClF3N2O2S. The molecule has 1 aliphatic rings. The van der Waals surface area contributed by atoms with E-state index in [1.165, 1.54) is 22.7 Å².